The number of aromatic nitrogens is 2. The second-order valence-corrected chi connectivity index (χ2v) is 11.2. The summed E-state index contributed by atoms with van der Waals surface area (Å²) >= 11 is 1.18. The highest BCUT2D eigenvalue weighted by Gasteiger charge is 2.26. The van der Waals surface area contributed by atoms with E-state index in [1.165, 1.54) is 11.8 Å². The minimum atomic E-state index is -3.35. The van der Waals surface area contributed by atoms with Crippen LogP contribution in [-0.2, 0) is 27.7 Å². The van der Waals surface area contributed by atoms with Gasteiger partial charge in [-0.3, -0.25) is 14.4 Å². The lowest BCUT2D eigenvalue weighted by molar-refractivity contribution is -0.115. The minimum Gasteiger partial charge on any atom is -0.411 e. The largest absolute Gasteiger partial charge is 0.411 e. The van der Waals surface area contributed by atoms with Gasteiger partial charge in [-0.1, -0.05) is 48.2 Å². The van der Waals surface area contributed by atoms with Crippen LogP contribution in [0.15, 0.2) is 82.4 Å². The summed E-state index contributed by atoms with van der Waals surface area (Å²) in [5, 5.41) is 8.44. The molecule has 0 aliphatic carbocycles. The predicted octanol–water partition coefficient (Wildman–Crippen LogP) is 5.05. The van der Waals surface area contributed by atoms with Gasteiger partial charge in [0.15, 0.2) is 0 Å². The van der Waals surface area contributed by atoms with Crippen molar-refractivity contribution >= 4 is 44.8 Å². The molecule has 0 saturated heterocycles. The van der Waals surface area contributed by atoms with Crippen LogP contribution in [0.25, 0.3) is 11.5 Å². The number of anilines is 3. The van der Waals surface area contributed by atoms with E-state index in [4.69, 9.17) is 4.42 Å². The van der Waals surface area contributed by atoms with Gasteiger partial charge in [-0.15, -0.1) is 10.2 Å². The topological polar surface area (TPSA) is 105 Å². The molecule has 1 N–H and O–H groups in total. The molecule has 36 heavy (non-hydrogen) atoms. The molecule has 5 rings (SSSR count). The van der Waals surface area contributed by atoms with Crippen molar-refractivity contribution in [2.45, 2.75) is 25.0 Å². The van der Waals surface area contributed by atoms with E-state index in [1.807, 2.05) is 36.4 Å². The molecule has 1 aromatic heterocycles. The van der Waals surface area contributed by atoms with Crippen LogP contribution in [0.1, 0.15) is 18.1 Å². The number of amides is 1. The summed E-state index contributed by atoms with van der Waals surface area (Å²) in [6, 6.07) is 22.7. The number of carbonyl (C=O) groups is 1. The lowest BCUT2D eigenvalue weighted by atomic mass is 10.0. The van der Waals surface area contributed by atoms with Crippen LogP contribution in [0.4, 0.5) is 17.1 Å². The van der Waals surface area contributed by atoms with Gasteiger partial charge in [0.1, 0.15) is 0 Å². The summed E-state index contributed by atoms with van der Waals surface area (Å²) in [4.78, 5) is 15.3. The summed E-state index contributed by atoms with van der Waals surface area (Å²) < 4.78 is 31.7. The normalized spacial score (nSPS) is 13.0. The fourth-order valence-electron chi connectivity index (χ4n) is 4.05. The summed E-state index contributed by atoms with van der Waals surface area (Å²) in [6.45, 7) is 1.57. The summed E-state index contributed by atoms with van der Waals surface area (Å²) in [7, 11) is -3.35. The second-order valence-electron chi connectivity index (χ2n) is 8.23. The number of sulfonamides is 1. The number of carbonyl (C=O) groups excluding carboxylic acids is 1. The van der Waals surface area contributed by atoms with Crippen molar-refractivity contribution in [1.82, 2.24) is 10.2 Å². The van der Waals surface area contributed by atoms with Gasteiger partial charge in [0.25, 0.3) is 5.22 Å². The maximum atomic E-state index is 13.5. The van der Waals surface area contributed by atoms with Gasteiger partial charge in [0.05, 0.1) is 22.9 Å². The van der Waals surface area contributed by atoms with Crippen LogP contribution >= 0.6 is 11.8 Å². The molecule has 4 aromatic rings. The SMILES string of the molecule is CCS(=O)(=O)Nc1ccc(-c2nnc(SCC(=O)N3c4ccccc4CCc4ccccc43)o2)cc1. The molecule has 0 bridgehead atoms. The third-order valence-electron chi connectivity index (χ3n) is 5.89. The minimum absolute atomic E-state index is 0.00763. The standard InChI is InChI=1S/C26H24N4O4S2/c1-2-36(32,33)29-21-15-13-20(14-16-21)25-27-28-26(34-25)35-17-24(31)30-22-9-5-3-7-18(22)11-12-19-8-4-6-10-23(19)30/h3-10,13-16,29H,2,11-12,17H2,1H3. The molecule has 1 aliphatic rings. The molecular formula is C26H24N4O4S2. The molecule has 0 fully saturated rings. The van der Waals surface area contributed by atoms with Gasteiger partial charge in [-0.2, -0.15) is 0 Å². The highest BCUT2D eigenvalue weighted by atomic mass is 32.2. The zero-order chi connectivity index (χ0) is 25.1. The Morgan fingerprint density at radius 3 is 2.17 bits per heavy atom. The van der Waals surface area contributed by atoms with Gasteiger partial charge in [0.2, 0.25) is 21.8 Å². The van der Waals surface area contributed by atoms with Crippen LogP contribution < -0.4 is 9.62 Å². The third kappa shape index (κ3) is 5.14. The van der Waals surface area contributed by atoms with Crippen LogP contribution in [0, 0.1) is 0 Å². The number of thioether (sulfide) groups is 1. The predicted molar refractivity (Wildman–Crippen MR) is 141 cm³/mol. The highest BCUT2D eigenvalue weighted by Crippen LogP contribution is 2.37. The lowest BCUT2D eigenvalue weighted by Gasteiger charge is -2.24. The van der Waals surface area contributed by atoms with E-state index in [0.29, 0.717) is 17.1 Å². The highest BCUT2D eigenvalue weighted by molar-refractivity contribution is 7.99. The fourth-order valence-corrected chi connectivity index (χ4v) is 5.31. The number of para-hydroxylation sites is 2. The summed E-state index contributed by atoms with van der Waals surface area (Å²) in [5.74, 6) is 0.336. The molecule has 0 saturated carbocycles. The van der Waals surface area contributed by atoms with E-state index in [1.54, 1.807) is 36.1 Å². The maximum Gasteiger partial charge on any atom is 0.277 e. The van der Waals surface area contributed by atoms with E-state index in [0.717, 1.165) is 35.3 Å². The van der Waals surface area contributed by atoms with Gasteiger partial charge in [-0.25, -0.2) is 8.42 Å². The third-order valence-corrected chi connectivity index (χ3v) is 8.00. The van der Waals surface area contributed by atoms with Crippen molar-refractivity contribution < 1.29 is 17.6 Å². The first-order chi connectivity index (χ1) is 17.4. The molecule has 0 spiro atoms. The zero-order valence-electron chi connectivity index (χ0n) is 19.5. The number of nitrogens with zero attached hydrogens (tertiary/aromatic N) is 3. The smallest absolute Gasteiger partial charge is 0.277 e. The molecule has 184 valence electrons. The molecule has 0 unspecified atom stereocenters. The number of aryl methyl sites for hydroxylation is 2. The number of benzene rings is 3. The van der Waals surface area contributed by atoms with Crippen LogP contribution in [0.3, 0.4) is 0 Å². The number of hydrogen-bond donors (Lipinski definition) is 1. The fraction of sp³-hybridized carbons (Fsp3) is 0.192. The molecule has 0 radical (unpaired) electrons. The van der Waals surface area contributed by atoms with E-state index in [-0.39, 0.29) is 22.6 Å². The first kappa shape index (κ1) is 24.1. The maximum absolute atomic E-state index is 13.5. The molecule has 8 nitrogen and oxygen atoms in total. The number of hydrogen-bond acceptors (Lipinski definition) is 7. The average molecular weight is 521 g/mol. The second kappa shape index (κ2) is 10.2. The molecule has 3 aromatic carbocycles. The molecule has 2 heterocycles. The van der Waals surface area contributed by atoms with Crippen LogP contribution in [-0.4, -0.2) is 36.0 Å². The van der Waals surface area contributed by atoms with E-state index in [2.05, 4.69) is 27.1 Å². The molecule has 1 aliphatic heterocycles. The van der Waals surface area contributed by atoms with Crippen LogP contribution in [0.2, 0.25) is 0 Å². The van der Waals surface area contributed by atoms with Gasteiger partial charge >= 0.3 is 0 Å². The van der Waals surface area contributed by atoms with Crippen molar-refractivity contribution in [3.8, 4) is 11.5 Å². The number of rotatable bonds is 7. The van der Waals surface area contributed by atoms with Crippen molar-refractivity contribution in [2.75, 3.05) is 21.1 Å². The molecule has 10 heteroatoms. The van der Waals surface area contributed by atoms with Crippen molar-refractivity contribution in [3.63, 3.8) is 0 Å². The Balaban J connectivity index is 1.31. The molecule has 0 atom stereocenters. The zero-order valence-corrected chi connectivity index (χ0v) is 21.2. The van der Waals surface area contributed by atoms with Gasteiger partial charge in [-0.05, 0) is 67.3 Å². The molecule has 1 amide bonds. The Morgan fingerprint density at radius 1 is 0.944 bits per heavy atom. The summed E-state index contributed by atoms with van der Waals surface area (Å²) in [5.41, 5.74) is 5.18. The van der Waals surface area contributed by atoms with E-state index in [9.17, 15) is 13.2 Å². The van der Waals surface area contributed by atoms with Crippen molar-refractivity contribution in [3.05, 3.63) is 83.9 Å². The van der Waals surface area contributed by atoms with E-state index < -0.39 is 10.0 Å². The first-order valence-electron chi connectivity index (χ1n) is 11.5. The Morgan fingerprint density at radius 2 is 1.56 bits per heavy atom. The first-order valence-corrected chi connectivity index (χ1v) is 14.1. The Hall–Kier alpha value is -3.63. The summed E-state index contributed by atoms with van der Waals surface area (Å²) in [6.07, 6.45) is 1.74. The monoisotopic (exact) mass is 520 g/mol. The number of fused-ring (bicyclic) bond motifs is 2. The quantitative estimate of drug-likeness (QED) is 0.340. The van der Waals surface area contributed by atoms with Crippen molar-refractivity contribution in [2.24, 2.45) is 0 Å². The Kier molecular flexibility index (Phi) is 6.80. The number of nitrogens with one attached hydrogen (secondary N) is 1. The Bertz CT molecular complexity index is 1450. The Labute approximate surface area is 213 Å². The molecular weight excluding hydrogens is 496 g/mol. The van der Waals surface area contributed by atoms with Gasteiger partial charge < -0.3 is 4.42 Å². The van der Waals surface area contributed by atoms with Crippen LogP contribution in [0.5, 0.6) is 0 Å². The average Bonchev–Trinajstić information content (AvgIpc) is 3.30. The van der Waals surface area contributed by atoms with E-state index >= 15 is 0 Å². The van der Waals surface area contributed by atoms with Crippen molar-refractivity contribution in [1.29, 1.82) is 0 Å². The van der Waals surface area contributed by atoms with Gasteiger partial charge in [0, 0.05) is 11.3 Å². The lowest BCUT2D eigenvalue weighted by Crippen LogP contribution is -2.28.